The van der Waals surface area contributed by atoms with Crippen molar-refractivity contribution < 1.29 is 4.57 Å². The molecule has 0 rings (SSSR count). The zero-order chi connectivity index (χ0) is 10.5. The molecule has 4 heteroatoms. The van der Waals surface area contributed by atoms with Crippen LogP contribution in [0.4, 0.5) is 0 Å². The van der Waals surface area contributed by atoms with Crippen molar-refractivity contribution in [2.45, 2.75) is 45.8 Å². The van der Waals surface area contributed by atoms with Gasteiger partial charge in [-0.2, -0.15) is 0 Å². The molecule has 1 unspecified atom stereocenters. The first-order valence-corrected chi connectivity index (χ1v) is 9.74. The summed E-state index contributed by atoms with van der Waals surface area (Å²) in [5, 5.41) is 0. The highest BCUT2D eigenvalue weighted by Gasteiger charge is 2.29. The fourth-order valence-electron chi connectivity index (χ4n) is 0.820. The molecule has 0 saturated carbocycles. The van der Waals surface area contributed by atoms with E-state index in [2.05, 4.69) is 27.7 Å². The summed E-state index contributed by atoms with van der Waals surface area (Å²) in [5.41, 5.74) is -2.00. The smallest absolute Gasteiger partial charge is 0.191 e. The van der Waals surface area contributed by atoms with Gasteiger partial charge in [0.25, 0.3) is 0 Å². The molecule has 0 aliphatic rings. The van der Waals surface area contributed by atoms with Gasteiger partial charge >= 0.3 is 0 Å². The van der Waals surface area contributed by atoms with E-state index >= 15 is 0 Å². The zero-order valence-corrected chi connectivity index (χ0v) is 11.8. The molecule has 0 aromatic carbocycles. The summed E-state index contributed by atoms with van der Waals surface area (Å²) >= 11 is 3.33. The summed E-state index contributed by atoms with van der Waals surface area (Å²) in [4.78, 5) is 0. The molecular weight excluding hydrogens is 219 g/mol. The van der Waals surface area contributed by atoms with Gasteiger partial charge in [-0.15, -0.1) is 0 Å². The van der Waals surface area contributed by atoms with Gasteiger partial charge in [0.2, 0.25) is 0 Å². The van der Waals surface area contributed by atoms with E-state index in [4.69, 9.17) is 0 Å². The predicted molar refractivity (Wildman–Crippen MR) is 68.2 cm³/mol. The molecule has 0 aromatic heterocycles. The van der Waals surface area contributed by atoms with E-state index in [0.29, 0.717) is 0 Å². The third-order valence-corrected chi connectivity index (χ3v) is 11.9. The summed E-state index contributed by atoms with van der Waals surface area (Å²) in [6, 6.07) is 0. The van der Waals surface area contributed by atoms with Crippen LogP contribution in [-0.4, -0.2) is 16.7 Å². The van der Waals surface area contributed by atoms with Gasteiger partial charge in [0.15, 0.2) is 5.55 Å². The van der Waals surface area contributed by atoms with Crippen molar-refractivity contribution in [2.24, 2.45) is 0 Å². The highest BCUT2D eigenvalue weighted by molar-refractivity contribution is 8.90. The van der Waals surface area contributed by atoms with Crippen molar-refractivity contribution in [2.75, 3.05) is 11.9 Å². The molecule has 0 aliphatic heterocycles. The molecule has 0 spiro atoms. The Morgan fingerprint density at radius 3 is 2.08 bits per heavy atom. The van der Waals surface area contributed by atoms with Crippen molar-refractivity contribution in [3.8, 4) is 0 Å². The summed E-state index contributed by atoms with van der Waals surface area (Å²) in [6.07, 6.45) is 1.88. The van der Waals surface area contributed by atoms with Crippen LogP contribution in [0.3, 0.4) is 0 Å². The molecule has 13 heavy (non-hydrogen) atoms. The minimum atomic E-state index is -2.00. The SMILES string of the molecule is CCSP(=O)(CC)SC(C)(C)CC. The van der Waals surface area contributed by atoms with Gasteiger partial charge in [-0.3, -0.25) is 0 Å². The monoisotopic (exact) mass is 240 g/mol. The molecule has 0 saturated heterocycles. The van der Waals surface area contributed by atoms with Gasteiger partial charge in [-0.1, -0.05) is 57.4 Å². The topological polar surface area (TPSA) is 17.1 Å². The van der Waals surface area contributed by atoms with Crippen LogP contribution in [0.15, 0.2) is 0 Å². The molecule has 0 aliphatic carbocycles. The van der Waals surface area contributed by atoms with Gasteiger partial charge in [0.05, 0.1) is 0 Å². The van der Waals surface area contributed by atoms with Gasteiger partial charge in [-0.05, 0) is 12.2 Å². The van der Waals surface area contributed by atoms with E-state index in [1.807, 2.05) is 6.92 Å². The first-order chi connectivity index (χ1) is 5.89. The molecule has 80 valence electrons. The van der Waals surface area contributed by atoms with Gasteiger partial charge in [0, 0.05) is 10.9 Å². The Labute approximate surface area is 90.7 Å². The molecule has 1 atom stereocenters. The fourth-order valence-corrected chi connectivity index (χ4v) is 10.6. The maximum absolute atomic E-state index is 12.3. The Bertz CT molecular complexity index is 192. The normalized spacial score (nSPS) is 17.0. The highest BCUT2D eigenvalue weighted by atomic mass is 33.1. The van der Waals surface area contributed by atoms with E-state index in [9.17, 15) is 4.57 Å². The molecule has 0 fully saturated rings. The Morgan fingerprint density at radius 2 is 1.77 bits per heavy atom. The summed E-state index contributed by atoms with van der Waals surface area (Å²) in [5.74, 6) is 0.956. The Hall–Kier alpha value is 0.930. The van der Waals surface area contributed by atoms with Crippen molar-refractivity contribution in [3.05, 3.63) is 0 Å². The van der Waals surface area contributed by atoms with E-state index in [-0.39, 0.29) is 4.75 Å². The zero-order valence-electron chi connectivity index (χ0n) is 9.29. The molecule has 0 aromatic rings. The second kappa shape index (κ2) is 5.72. The van der Waals surface area contributed by atoms with Crippen molar-refractivity contribution >= 4 is 28.3 Å². The molecule has 0 bridgehead atoms. The lowest BCUT2D eigenvalue weighted by atomic mass is 10.1. The Balaban J connectivity index is 4.35. The average molecular weight is 240 g/mol. The lowest BCUT2D eigenvalue weighted by Gasteiger charge is -2.26. The molecule has 1 nitrogen and oxygen atoms in total. The van der Waals surface area contributed by atoms with Crippen LogP contribution in [-0.2, 0) is 4.57 Å². The minimum Gasteiger partial charge on any atom is -0.300 e. The molecule has 0 amide bonds. The molecule has 0 N–H and O–H groups in total. The average Bonchev–Trinajstić information content (AvgIpc) is 2.04. The van der Waals surface area contributed by atoms with E-state index in [0.717, 1.165) is 18.3 Å². The van der Waals surface area contributed by atoms with Crippen LogP contribution in [0.2, 0.25) is 0 Å². The van der Waals surface area contributed by atoms with Gasteiger partial charge in [0.1, 0.15) is 0 Å². The first kappa shape index (κ1) is 13.9. The number of hydrogen-bond donors (Lipinski definition) is 0. The third-order valence-electron chi connectivity index (χ3n) is 1.95. The van der Waals surface area contributed by atoms with E-state index in [1.54, 1.807) is 22.8 Å². The van der Waals surface area contributed by atoms with Crippen LogP contribution in [0, 0.1) is 0 Å². The van der Waals surface area contributed by atoms with Crippen LogP contribution >= 0.6 is 28.3 Å². The van der Waals surface area contributed by atoms with E-state index < -0.39 is 5.55 Å². The van der Waals surface area contributed by atoms with Crippen molar-refractivity contribution in [1.82, 2.24) is 0 Å². The predicted octanol–water partition coefficient (Wildman–Crippen LogP) is 4.87. The molecule has 0 radical (unpaired) electrons. The van der Waals surface area contributed by atoms with Crippen LogP contribution < -0.4 is 0 Å². The second-order valence-electron chi connectivity index (χ2n) is 3.55. The maximum atomic E-state index is 12.3. The van der Waals surface area contributed by atoms with Crippen molar-refractivity contribution in [3.63, 3.8) is 0 Å². The second-order valence-corrected chi connectivity index (χ2v) is 13.1. The highest BCUT2D eigenvalue weighted by Crippen LogP contribution is 2.72. The summed E-state index contributed by atoms with van der Waals surface area (Å²) in [7, 11) is 0. The fraction of sp³-hybridized carbons (Fsp3) is 1.00. The van der Waals surface area contributed by atoms with Gasteiger partial charge < -0.3 is 4.57 Å². The number of rotatable bonds is 6. The quantitative estimate of drug-likeness (QED) is 0.616. The Kier molecular flexibility index (Phi) is 6.13. The van der Waals surface area contributed by atoms with Crippen LogP contribution in [0.5, 0.6) is 0 Å². The summed E-state index contributed by atoms with van der Waals surface area (Å²) in [6.45, 7) is 10.6. The first-order valence-electron chi connectivity index (χ1n) is 4.83. The standard InChI is InChI=1S/C9H21OPS2/c1-6-9(4,5)13-11(10,7-2)12-8-3/h6-8H2,1-5H3. The maximum Gasteiger partial charge on any atom is 0.191 e. The van der Waals surface area contributed by atoms with E-state index in [1.165, 1.54) is 0 Å². The van der Waals surface area contributed by atoms with Crippen LogP contribution in [0.1, 0.15) is 41.0 Å². The largest absolute Gasteiger partial charge is 0.300 e. The van der Waals surface area contributed by atoms with Crippen LogP contribution in [0.25, 0.3) is 0 Å². The molecular formula is C9H21OPS2. The number of hydrogen-bond acceptors (Lipinski definition) is 3. The summed E-state index contributed by atoms with van der Waals surface area (Å²) < 4.78 is 12.4. The minimum absolute atomic E-state index is 0.160. The third kappa shape index (κ3) is 5.39. The van der Waals surface area contributed by atoms with Gasteiger partial charge in [-0.25, -0.2) is 0 Å². The lowest BCUT2D eigenvalue weighted by Crippen LogP contribution is -2.11. The lowest BCUT2D eigenvalue weighted by molar-refractivity contribution is 0.593. The Morgan fingerprint density at radius 1 is 1.23 bits per heavy atom. The van der Waals surface area contributed by atoms with Crippen molar-refractivity contribution in [1.29, 1.82) is 0 Å². The molecule has 0 heterocycles.